The van der Waals surface area contributed by atoms with Crippen LogP contribution in [0.5, 0.6) is 0 Å². The number of carbonyl (C=O) groups excluding carboxylic acids is 2. The zero-order valence-electron chi connectivity index (χ0n) is 12.4. The van der Waals surface area contributed by atoms with Crippen LogP contribution in [0, 0.1) is 0 Å². The molecule has 0 spiro atoms. The third-order valence-electron chi connectivity index (χ3n) is 3.55. The molecule has 0 aliphatic heterocycles. The Morgan fingerprint density at radius 2 is 1.82 bits per heavy atom. The average molecular weight is 298 g/mol. The van der Waals surface area contributed by atoms with E-state index in [4.69, 9.17) is 4.42 Å². The van der Waals surface area contributed by atoms with Gasteiger partial charge in [-0.1, -0.05) is 6.92 Å². The monoisotopic (exact) mass is 298 g/mol. The maximum atomic E-state index is 12.0. The molecule has 5 nitrogen and oxygen atoms in total. The van der Waals surface area contributed by atoms with Crippen molar-refractivity contribution in [2.75, 3.05) is 5.32 Å². The highest BCUT2D eigenvalue weighted by atomic mass is 16.3. The molecule has 3 rings (SSSR count). The Kier molecular flexibility index (Phi) is 3.96. The Hall–Kier alpha value is -2.56. The van der Waals surface area contributed by atoms with E-state index in [1.54, 1.807) is 36.4 Å². The first kappa shape index (κ1) is 14.4. The van der Waals surface area contributed by atoms with Crippen LogP contribution in [0.4, 0.5) is 5.69 Å². The normalized spacial score (nSPS) is 13.7. The number of furan rings is 1. The van der Waals surface area contributed by atoms with Crippen molar-refractivity contribution in [3.05, 3.63) is 53.5 Å². The zero-order valence-corrected chi connectivity index (χ0v) is 12.4. The number of aryl methyl sites for hydroxylation is 1. The third kappa shape index (κ3) is 3.36. The molecule has 114 valence electrons. The molecule has 0 radical (unpaired) electrons. The van der Waals surface area contributed by atoms with Crippen LogP contribution in [-0.4, -0.2) is 17.9 Å². The summed E-state index contributed by atoms with van der Waals surface area (Å²) in [4.78, 5) is 23.9. The fourth-order valence-electron chi connectivity index (χ4n) is 2.08. The number of hydrogen-bond donors (Lipinski definition) is 2. The van der Waals surface area contributed by atoms with Crippen LogP contribution in [-0.2, 0) is 6.42 Å². The molecule has 1 aromatic carbocycles. The molecular formula is C17H18N2O3. The summed E-state index contributed by atoms with van der Waals surface area (Å²) in [7, 11) is 0. The lowest BCUT2D eigenvalue weighted by atomic mass is 10.2. The second-order valence-corrected chi connectivity index (χ2v) is 5.40. The first-order valence-electron chi connectivity index (χ1n) is 7.46. The Bertz CT molecular complexity index is 684. The topological polar surface area (TPSA) is 71.3 Å². The van der Waals surface area contributed by atoms with Gasteiger partial charge in [-0.25, -0.2) is 0 Å². The van der Waals surface area contributed by atoms with Gasteiger partial charge in [-0.15, -0.1) is 0 Å². The zero-order chi connectivity index (χ0) is 15.5. The summed E-state index contributed by atoms with van der Waals surface area (Å²) >= 11 is 0. The van der Waals surface area contributed by atoms with Crippen LogP contribution in [0.2, 0.25) is 0 Å². The minimum Gasteiger partial charge on any atom is -0.456 e. The van der Waals surface area contributed by atoms with Crippen molar-refractivity contribution in [1.29, 1.82) is 0 Å². The fraction of sp³-hybridized carbons (Fsp3) is 0.294. The lowest BCUT2D eigenvalue weighted by Gasteiger charge is -2.06. The van der Waals surface area contributed by atoms with Gasteiger partial charge in [-0.05, 0) is 49.2 Å². The Balaban J connectivity index is 1.62. The average Bonchev–Trinajstić information content (AvgIpc) is 3.20. The predicted molar refractivity (Wildman–Crippen MR) is 83.0 cm³/mol. The van der Waals surface area contributed by atoms with Crippen LogP contribution in [0.25, 0.3) is 0 Å². The van der Waals surface area contributed by atoms with E-state index in [0.29, 0.717) is 17.3 Å². The van der Waals surface area contributed by atoms with E-state index in [-0.39, 0.29) is 17.6 Å². The second-order valence-electron chi connectivity index (χ2n) is 5.40. The van der Waals surface area contributed by atoms with Gasteiger partial charge >= 0.3 is 0 Å². The molecular weight excluding hydrogens is 280 g/mol. The SMILES string of the molecule is CCc1ccc(C(=O)Nc2ccc(C(=O)NC3CC3)cc2)o1. The molecule has 1 saturated carbocycles. The summed E-state index contributed by atoms with van der Waals surface area (Å²) in [5.74, 6) is 0.693. The molecule has 0 saturated heterocycles. The largest absolute Gasteiger partial charge is 0.456 e. The van der Waals surface area contributed by atoms with Crippen LogP contribution >= 0.6 is 0 Å². The molecule has 1 heterocycles. The van der Waals surface area contributed by atoms with Crippen molar-refractivity contribution in [1.82, 2.24) is 5.32 Å². The summed E-state index contributed by atoms with van der Waals surface area (Å²) in [5.41, 5.74) is 1.22. The van der Waals surface area contributed by atoms with E-state index >= 15 is 0 Å². The highest BCUT2D eigenvalue weighted by molar-refractivity contribution is 6.02. The van der Waals surface area contributed by atoms with E-state index in [9.17, 15) is 9.59 Å². The van der Waals surface area contributed by atoms with Gasteiger partial charge in [-0.3, -0.25) is 9.59 Å². The van der Waals surface area contributed by atoms with Gasteiger partial charge in [0.15, 0.2) is 5.76 Å². The van der Waals surface area contributed by atoms with E-state index in [2.05, 4.69) is 10.6 Å². The number of hydrogen-bond acceptors (Lipinski definition) is 3. The number of benzene rings is 1. The third-order valence-corrected chi connectivity index (χ3v) is 3.55. The number of rotatable bonds is 5. The van der Waals surface area contributed by atoms with Crippen LogP contribution in [0.15, 0.2) is 40.8 Å². The number of nitrogens with one attached hydrogen (secondary N) is 2. The molecule has 5 heteroatoms. The molecule has 1 aliphatic rings. The molecule has 0 atom stereocenters. The molecule has 2 N–H and O–H groups in total. The highest BCUT2D eigenvalue weighted by Gasteiger charge is 2.23. The van der Waals surface area contributed by atoms with Crippen molar-refractivity contribution < 1.29 is 14.0 Å². The van der Waals surface area contributed by atoms with E-state index < -0.39 is 0 Å². The summed E-state index contributed by atoms with van der Waals surface area (Å²) in [6, 6.07) is 10.6. The van der Waals surface area contributed by atoms with E-state index in [1.165, 1.54) is 0 Å². The summed E-state index contributed by atoms with van der Waals surface area (Å²) in [5, 5.41) is 5.67. The molecule has 0 unspecified atom stereocenters. The molecule has 1 aliphatic carbocycles. The van der Waals surface area contributed by atoms with Gasteiger partial charge in [0.2, 0.25) is 0 Å². The lowest BCUT2D eigenvalue weighted by Crippen LogP contribution is -2.25. The molecule has 22 heavy (non-hydrogen) atoms. The van der Waals surface area contributed by atoms with E-state index in [0.717, 1.165) is 25.0 Å². The fourth-order valence-corrected chi connectivity index (χ4v) is 2.08. The van der Waals surface area contributed by atoms with Gasteiger partial charge in [0.05, 0.1) is 0 Å². The van der Waals surface area contributed by atoms with Crippen molar-refractivity contribution >= 4 is 17.5 Å². The smallest absolute Gasteiger partial charge is 0.291 e. The Morgan fingerprint density at radius 3 is 2.41 bits per heavy atom. The number of amides is 2. The number of anilines is 1. The van der Waals surface area contributed by atoms with Gasteiger partial charge in [-0.2, -0.15) is 0 Å². The minimum absolute atomic E-state index is 0.0704. The molecule has 0 bridgehead atoms. The van der Waals surface area contributed by atoms with Gasteiger partial charge in [0, 0.05) is 23.7 Å². The maximum Gasteiger partial charge on any atom is 0.291 e. The Morgan fingerprint density at radius 1 is 1.09 bits per heavy atom. The quantitative estimate of drug-likeness (QED) is 0.891. The lowest BCUT2D eigenvalue weighted by molar-refractivity contribution is 0.0950. The molecule has 1 aromatic heterocycles. The van der Waals surface area contributed by atoms with Crippen molar-refractivity contribution in [3.8, 4) is 0 Å². The van der Waals surface area contributed by atoms with Gasteiger partial charge in [0.25, 0.3) is 11.8 Å². The van der Waals surface area contributed by atoms with Gasteiger partial charge < -0.3 is 15.1 Å². The van der Waals surface area contributed by atoms with Gasteiger partial charge in [0.1, 0.15) is 5.76 Å². The van der Waals surface area contributed by atoms with Crippen molar-refractivity contribution in [3.63, 3.8) is 0 Å². The van der Waals surface area contributed by atoms with Crippen LogP contribution in [0.1, 0.15) is 46.4 Å². The first-order chi connectivity index (χ1) is 10.7. The van der Waals surface area contributed by atoms with Crippen LogP contribution in [0.3, 0.4) is 0 Å². The second kappa shape index (κ2) is 6.05. The Labute approximate surface area is 128 Å². The van der Waals surface area contributed by atoms with Crippen molar-refractivity contribution in [2.24, 2.45) is 0 Å². The summed E-state index contributed by atoms with van der Waals surface area (Å²) < 4.78 is 5.40. The maximum absolute atomic E-state index is 12.0. The standard InChI is InChI=1S/C17H18N2O3/c1-2-14-9-10-15(22-14)17(21)19-12-5-3-11(4-6-12)16(20)18-13-7-8-13/h3-6,9-10,13H,2,7-8H2,1H3,(H,18,20)(H,19,21). The first-order valence-corrected chi connectivity index (χ1v) is 7.46. The summed E-state index contributed by atoms with van der Waals surface area (Å²) in [6.45, 7) is 1.96. The van der Waals surface area contributed by atoms with Crippen LogP contribution < -0.4 is 10.6 Å². The number of carbonyl (C=O) groups is 2. The molecule has 1 fully saturated rings. The summed E-state index contributed by atoms with van der Waals surface area (Å²) in [6.07, 6.45) is 2.86. The molecule has 2 amide bonds. The minimum atomic E-state index is -0.296. The van der Waals surface area contributed by atoms with Crippen molar-refractivity contribution in [2.45, 2.75) is 32.2 Å². The van der Waals surface area contributed by atoms with E-state index in [1.807, 2.05) is 6.92 Å². The highest BCUT2D eigenvalue weighted by Crippen LogP contribution is 2.20. The predicted octanol–water partition coefficient (Wildman–Crippen LogP) is 2.99. The molecule has 2 aromatic rings.